The van der Waals surface area contributed by atoms with Gasteiger partial charge < -0.3 is 4.90 Å². The van der Waals surface area contributed by atoms with Gasteiger partial charge >= 0.3 is 0 Å². The molecule has 2 atom stereocenters. The molecule has 1 amide bonds. The van der Waals surface area contributed by atoms with E-state index in [0.29, 0.717) is 10.9 Å². The maximum Gasteiger partial charge on any atom is 0.244 e. The summed E-state index contributed by atoms with van der Waals surface area (Å²) in [5.74, 6) is -0.900. The van der Waals surface area contributed by atoms with Crippen LogP contribution in [0.4, 0.5) is 10.1 Å². The summed E-state index contributed by atoms with van der Waals surface area (Å²) in [6.45, 7) is 1.33. The zero-order chi connectivity index (χ0) is 16.1. The van der Waals surface area contributed by atoms with Crippen molar-refractivity contribution in [1.29, 1.82) is 0 Å². The maximum absolute atomic E-state index is 13.3. The van der Waals surface area contributed by atoms with Crippen LogP contribution < -0.4 is 4.90 Å². The van der Waals surface area contributed by atoms with Gasteiger partial charge in [-0.2, -0.15) is 4.99 Å². The Morgan fingerprint density at radius 3 is 2.82 bits per heavy atom. The fourth-order valence-electron chi connectivity index (χ4n) is 2.64. The SMILES string of the molecule is CC(=O)N=C1SC2CS(=O)(=O)CC2N1c1ccc(F)c(Cl)c1. The fraction of sp³-hybridized carbons (Fsp3) is 0.385. The molecule has 1 aromatic carbocycles. The number of amides is 1. The quantitative estimate of drug-likeness (QED) is 0.765. The number of fused-ring (bicyclic) bond motifs is 1. The van der Waals surface area contributed by atoms with Gasteiger partial charge in [0.05, 0.1) is 22.6 Å². The molecule has 5 nitrogen and oxygen atoms in total. The summed E-state index contributed by atoms with van der Waals surface area (Å²) in [7, 11) is -3.13. The average Bonchev–Trinajstić information content (AvgIpc) is 2.83. The summed E-state index contributed by atoms with van der Waals surface area (Å²) in [4.78, 5) is 16.9. The van der Waals surface area contributed by atoms with Crippen LogP contribution in [-0.2, 0) is 14.6 Å². The molecule has 0 N–H and O–H groups in total. The van der Waals surface area contributed by atoms with Crippen molar-refractivity contribution in [3.63, 3.8) is 0 Å². The number of carbonyl (C=O) groups excluding carboxylic acids is 1. The minimum absolute atomic E-state index is 0.0173. The van der Waals surface area contributed by atoms with E-state index < -0.39 is 15.7 Å². The molecule has 2 heterocycles. The van der Waals surface area contributed by atoms with E-state index in [1.165, 1.54) is 36.9 Å². The Morgan fingerprint density at radius 1 is 1.45 bits per heavy atom. The van der Waals surface area contributed by atoms with Gasteiger partial charge in [0.2, 0.25) is 5.91 Å². The van der Waals surface area contributed by atoms with Gasteiger partial charge in [0.1, 0.15) is 5.82 Å². The van der Waals surface area contributed by atoms with Crippen molar-refractivity contribution >= 4 is 50.0 Å². The summed E-state index contributed by atoms with van der Waals surface area (Å²) in [5, 5.41) is 0.181. The minimum atomic E-state index is -3.13. The van der Waals surface area contributed by atoms with E-state index in [9.17, 15) is 17.6 Å². The van der Waals surface area contributed by atoms with Crippen molar-refractivity contribution < 1.29 is 17.6 Å². The second-order valence-corrected chi connectivity index (χ2v) is 8.95. The molecule has 0 bridgehead atoms. The lowest BCUT2D eigenvalue weighted by Crippen LogP contribution is -2.37. The van der Waals surface area contributed by atoms with E-state index in [-0.39, 0.29) is 33.7 Å². The van der Waals surface area contributed by atoms with Crippen LogP contribution in [0.1, 0.15) is 6.92 Å². The van der Waals surface area contributed by atoms with Gasteiger partial charge in [-0.15, -0.1) is 0 Å². The van der Waals surface area contributed by atoms with Crippen molar-refractivity contribution in [1.82, 2.24) is 0 Å². The van der Waals surface area contributed by atoms with E-state index in [2.05, 4.69) is 4.99 Å². The van der Waals surface area contributed by atoms with Crippen LogP contribution in [0.3, 0.4) is 0 Å². The van der Waals surface area contributed by atoms with E-state index in [0.717, 1.165) is 0 Å². The average molecular weight is 363 g/mol. The highest BCUT2D eigenvalue weighted by Gasteiger charge is 2.49. The van der Waals surface area contributed by atoms with Gasteiger partial charge in [-0.3, -0.25) is 4.79 Å². The van der Waals surface area contributed by atoms with Crippen LogP contribution >= 0.6 is 23.4 Å². The zero-order valence-corrected chi connectivity index (χ0v) is 13.9. The number of rotatable bonds is 1. The van der Waals surface area contributed by atoms with Crippen molar-refractivity contribution in [2.24, 2.45) is 4.99 Å². The van der Waals surface area contributed by atoms with Crippen LogP contribution in [0.15, 0.2) is 23.2 Å². The number of benzene rings is 1. The first kappa shape index (κ1) is 15.8. The Morgan fingerprint density at radius 2 is 2.18 bits per heavy atom. The second-order valence-electron chi connectivity index (χ2n) is 5.18. The number of amidine groups is 1. The molecule has 0 spiro atoms. The molecule has 2 fully saturated rings. The van der Waals surface area contributed by atoms with Crippen LogP contribution in [-0.4, -0.2) is 42.3 Å². The lowest BCUT2D eigenvalue weighted by molar-refractivity contribution is -0.115. The van der Waals surface area contributed by atoms with E-state index in [4.69, 9.17) is 11.6 Å². The third-order valence-corrected chi connectivity index (χ3v) is 7.00. The topological polar surface area (TPSA) is 66.8 Å². The molecule has 2 unspecified atom stereocenters. The maximum atomic E-state index is 13.3. The number of hydrogen-bond acceptors (Lipinski definition) is 4. The third-order valence-electron chi connectivity index (χ3n) is 3.50. The molecule has 1 aromatic rings. The molecular formula is C13H12ClFN2O3S2. The Labute approximate surface area is 136 Å². The largest absolute Gasteiger partial charge is 0.316 e. The van der Waals surface area contributed by atoms with Gasteiger partial charge in [0.15, 0.2) is 15.0 Å². The van der Waals surface area contributed by atoms with Gasteiger partial charge in [-0.1, -0.05) is 23.4 Å². The molecule has 0 radical (unpaired) electrons. The van der Waals surface area contributed by atoms with Gasteiger partial charge in [-0.05, 0) is 18.2 Å². The Balaban J connectivity index is 2.06. The van der Waals surface area contributed by atoms with E-state index in [1.54, 1.807) is 4.90 Å². The Hall–Kier alpha value is -1.12. The third kappa shape index (κ3) is 2.87. The summed E-state index contributed by atoms with van der Waals surface area (Å²) < 4.78 is 37.0. The highest BCUT2D eigenvalue weighted by atomic mass is 35.5. The standard InChI is InChI=1S/C13H12ClFN2O3S2/c1-7(18)16-13-17(8-2-3-10(15)9(14)4-8)11-5-22(19,20)6-12(11)21-13/h2-4,11-12H,5-6H2,1H3. The molecule has 22 heavy (non-hydrogen) atoms. The molecule has 2 saturated heterocycles. The van der Waals surface area contributed by atoms with Gasteiger partial charge in [0.25, 0.3) is 0 Å². The number of halogens is 2. The highest BCUT2D eigenvalue weighted by molar-refractivity contribution is 8.16. The Bertz CT molecular complexity index is 781. The van der Waals surface area contributed by atoms with Crippen molar-refractivity contribution in [2.75, 3.05) is 16.4 Å². The lowest BCUT2D eigenvalue weighted by Gasteiger charge is -2.24. The van der Waals surface area contributed by atoms with Crippen LogP contribution in [0.2, 0.25) is 5.02 Å². The van der Waals surface area contributed by atoms with Crippen LogP contribution in [0.25, 0.3) is 0 Å². The molecule has 2 aliphatic heterocycles. The molecule has 0 saturated carbocycles. The van der Waals surface area contributed by atoms with Crippen LogP contribution in [0, 0.1) is 5.82 Å². The number of thioether (sulfide) groups is 1. The summed E-state index contributed by atoms with van der Waals surface area (Å²) in [6.07, 6.45) is 0. The summed E-state index contributed by atoms with van der Waals surface area (Å²) >= 11 is 7.08. The number of aliphatic imine (C=N–C) groups is 1. The van der Waals surface area contributed by atoms with E-state index in [1.807, 2.05) is 0 Å². The van der Waals surface area contributed by atoms with Gasteiger partial charge in [0, 0.05) is 17.9 Å². The number of hydrogen-bond donors (Lipinski definition) is 0. The predicted octanol–water partition coefficient (Wildman–Crippen LogP) is 2.10. The smallest absolute Gasteiger partial charge is 0.244 e. The molecule has 2 aliphatic rings. The number of anilines is 1. The predicted molar refractivity (Wildman–Crippen MR) is 85.8 cm³/mol. The summed E-state index contributed by atoms with van der Waals surface area (Å²) in [6, 6.07) is 3.81. The second kappa shape index (κ2) is 5.50. The molecule has 9 heteroatoms. The van der Waals surface area contributed by atoms with Crippen LogP contribution in [0.5, 0.6) is 0 Å². The number of carbonyl (C=O) groups is 1. The molecule has 118 valence electrons. The Kier molecular flexibility index (Phi) is 3.94. The lowest BCUT2D eigenvalue weighted by atomic mass is 10.2. The first-order valence-electron chi connectivity index (χ1n) is 6.47. The first-order chi connectivity index (χ1) is 10.3. The monoisotopic (exact) mass is 362 g/mol. The van der Waals surface area contributed by atoms with Gasteiger partial charge in [-0.25, -0.2) is 12.8 Å². The first-order valence-corrected chi connectivity index (χ1v) is 9.55. The molecule has 0 aromatic heterocycles. The molecule has 0 aliphatic carbocycles. The zero-order valence-electron chi connectivity index (χ0n) is 11.5. The normalized spacial score (nSPS) is 28.1. The van der Waals surface area contributed by atoms with Crippen molar-refractivity contribution in [3.05, 3.63) is 29.0 Å². The number of nitrogens with zero attached hydrogens (tertiary/aromatic N) is 2. The summed E-state index contributed by atoms with van der Waals surface area (Å²) in [5.41, 5.74) is 0.531. The minimum Gasteiger partial charge on any atom is -0.316 e. The van der Waals surface area contributed by atoms with Crippen molar-refractivity contribution in [2.45, 2.75) is 18.2 Å². The van der Waals surface area contributed by atoms with Crippen molar-refractivity contribution in [3.8, 4) is 0 Å². The molecule has 3 rings (SSSR count). The highest BCUT2D eigenvalue weighted by Crippen LogP contribution is 2.41. The molecular weight excluding hydrogens is 351 g/mol. The van der Waals surface area contributed by atoms with E-state index >= 15 is 0 Å². The number of sulfone groups is 1. The fourth-order valence-corrected chi connectivity index (χ4v) is 6.77.